The average Bonchev–Trinajstić information content (AvgIpc) is 3.20. The summed E-state index contributed by atoms with van der Waals surface area (Å²) in [5.74, 6) is 0.717. The summed E-state index contributed by atoms with van der Waals surface area (Å²) in [6, 6.07) is 4.65. The number of guanidine groups is 1. The molecule has 1 aromatic rings. The van der Waals surface area contributed by atoms with Gasteiger partial charge in [-0.15, -0.1) is 11.3 Å². The van der Waals surface area contributed by atoms with Crippen molar-refractivity contribution in [1.29, 1.82) is 0 Å². The van der Waals surface area contributed by atoms with Gasteiger partial charge in [0.15, 0.2) is 5.96 Å². The van der Waals surface area contributed by atoms with Gasteiger partial charge in [-0.25, -0.2) is 4.99 Å². The van der Waals surface area contributed by atoms with E-state index in [1.165, 1.54) is 5.00 Å². The van der Waals surface area contributed by atoms with Gasteiger partial charge < -0.3 is 25.2 Å². The number of thiophene rings is 1. The van der Waals surface area contributed by atoms with Crippen LogP contribution >= 0.6 is 11.3 Å². The smallest absolute Gasteiger partial charge is 0.243 e. The Morgan fingerprint density at radius 1 is 1.41 bits per heavy atom. The highest BCUT2D eigenvalue weighted by molar-refractivity contribution is 7.14. The van der Waals surface area contributed by atoms with Gasteiger partial charge in [0.25, 0.3) is 0 Å². The van der Waals surface area contributed by atoms with Gasteiger partial charge in [-0.3, -0.25) is 4.79 Å². The molecule has 8 heteroatoms. The van der Waals surface area contributed by atoms with Gasteiger partial charge in [0, 0.05) is 53.0 Å². The SMILES string of the molecule is CCOCCCNC(=NCC(=O)N(C)C)NC1CCN(c2cccs2)CC1. The number of hydrogen-bond acceptors (Lipinski definition) is 5. The highest BCUT2D eigenvalue weighted by Crippen LogP contribution is 2.24. The fourth-order valence-corrected chi connectivity index (χ4v) is 3.64. The maximum absolute atomic E-state index is 11.9. The Balaban J connectivity index is 1.83. The van der Waals surface area contributed by atoms with E-state index in [9.17, 15) is 4.79 Å². The third-order valence-corrected chi connectivity index (χ3v) is 5.42. The first-order valence-corrected chi connectivity index (χ1v) is 10.6. The van der Waals surface area contributed by atoms with Gasteiger partial charge in [0.2, 0.25) is 5.91 Å². The fourth-order valence-electron chi connectivity index (χ4n) is 2.85. The van der Waals surface area contributed by atoms with Crippen molar-refractivity contribution < 1.29 is 9.53 Å². The number of nitrogens with one attached hydrogen (secondary N) is 2. The highest BCUT2D eigenvalue weighted by Gasteiger charge is 2.20. The van der Waals surface area contributed by atoms with Crippen molar-refractivity contribution in [2.75, 3.05) is 58.4 Å². The van der Waals surface area contributed by atoms with Crippen LogP contribution in [0.25, 0.3) is 0 Å². The van der Waals surface area contributed by atoms with Gasteiger partial charge in [-0.1, -0.05) is 0 Å². The summed E-state index contributed by atoms with van der Waals surface area (Å²) in [5, 5.41) is 10.3. The normalized spacial score (nSPS) is 15.7. The van der Waals surface area contributed by atoms with Crippen LogP contribution < -0.4 is 15.5 Å². The molecule has 0 unspecified atom stereocenters. The molecule has 0 saturated carbocycles. The molecule has 2 rings (SSSR count). The molecule has 1 aliphatic heterocycles. The predicted molar refractivity (Wildman–Crippen MR) is 113 cm³/mol. The van der Waals surface area contributed by atoms with E-state index < -0.39 is 0 Å². The van der Waals surface area contributed by atoms with E-state index >= 15 is 0 Å². The zero-order valence-corrected chi connectivity index (χ0v) is 17.6. The van der Waals surface area contributed by atoms with Crippen molar-refractivity contribution in [3.63, 3.8) is 0 Å². The second-order valence-electron chi connectivity index (χ2n) is 6.79. The van der Waals surface area contributed by atoms with Gasteiger partial charge in [-0.05, 0) is 43.7 Å². The second kappa shape index (κ2) is 11.8. The number of likely N-dealkylation sites (N-methyl/N-ethyl adjacent to an activating group) is 1. The summed E-state index contributed by atoms with van der Waals surface area (Å²) in [7, 11) is 3.50. The molecule has 2 N–H and O–H groups in total. The zero-order valence-electron chi connectivity index (χ0n) is 16.7. The number of ether oxygens (including phenoxy) is 1. The van der Waals surface area contributed by atoms with E-state index in [4.69, 9.17) is 4.74 Å². The maximum atomic E-state index is 11.9. The molecule has 152 valence electrons. The van der Waals surface area contributed by atoms with Gasteiger partial charge >= 0.3 is 0 Å². The molecule has 1 fully saturated rings. The van der Waals surface area contributed by atoms with Gasteiger partial charge in [-0.2, -0.15) is 0 Å². The van der Waals surface area contributed by atoms with Crippen molar-refractivity contribution >= 4 is 28.2 Å². The Bertz CT molecular complexity index is 569. The zero-order chi connectivity index (χ0) is 19.5. The minimum atomic E-state index is -0.00192. The molecule has 1 saturated heterocycles. The fraction of sp³-hybridized carbons (Fsp3) is 0.684. The summed E-state index contributed by atoms with van der Waals surface area (Å²) in [6.07, 6.45) is 3.02. The first-order chi connectivity index (χ1) is 13.1. The van der Waals surface area contributed by atoms with Crippen molar-refractivity contribution in [1.82, 2.24) is 15.5 Å². The number of hydrogen-bond donors (Lipinski definition) is 2. The van der Waals surface area contributed by atoms with Crippen LogP contribution in [0.15, 0.2) is 22.5 Å². The minimum Gasteiger partial charge on any atom is -0.382 e. The van der Waals surface area contributed by atoms with E-state index in [0.717, 1.165) is 58.1 Å². The maximum Gasteiger partial charge on any atom is 0.243 e. The van der Waals surface area contributed by atoms with Gasteiger partial charge in [0.05, 0.1) is 5.00 Å². The first-order valence-electron chi connectivity index (χ1n) is 9.71. The van der Waals surface area contributed by atoms with E-state index in [1.807, 2.05) is 6.92 Å². The molecule has 0 aromatic carbocycles. The molecule has 1 aliphatic rings. The summed E-state index contributed by atoms with van der Waals surface area (Å²) >= 11 is 1.79. The lowest BCUT2D eigenvalue weighted by Crippen LogP contribution is -2.49. The molecule has 0 spiro atoms. The van der Waals surface area contributed by atoms with E-state index in [1.54, 1.807) is 30.3 Å². The molecular formula is C19H33N5O2S. The molecule has 0 bridgehead atoms. The molecule has 1 aromatic heterocycles. The molecule has 0 aliphatic carbocycles. The van der Waals surface area contributed by atoms with E-state index in [0.29, 0.717) is 6.04 Å². The summed E-state index contributed by atoms with van der Waals surface area (Å²) in [5.41, 5.74) is 0. The van der Waals surface area contributed by atoms with Crippen LogP contribution in [0.5, 0.6) is 0 Å². The Hall–Kier alpha value is -1.80. The number of aliphatic imine (C=N–C) groups is 1. The predicted octanol–water partition coefficient (Wildman–Crippen LogP) is 1.77. The topological polar surface area (TPSA) is 69.2 Å². The molecule has 27 heavy (non-hydrogen) atoms. The summed E-state index contributed by atoms with van der Waals surface area (Å²) < 4.78 is 5.38. The molecule has 0 atom stereocenters. The van der Waals surface area contributed by atoms with Crippen LogP contribution in [0.4, 0.5) is 5.00 Å². The minimum absolute atomic E-state index is 0.00192. The molecule has 0 radical (unpaired) electrons. The first kappa shape index (κ1) is 21.5. The average molecular weight is 396 g/mol. The number of carbonyl (C=O) groups is 1. The van der Waals surface area contributed by atoms with Crippen LogP contribution in [-0.4, -0.2) is 76.3 Å². The second-order valence-corrected chi connectivity index (χ2v) is 7.71. The number of rotatable bonds is 9. The quantitative estimate of drug-likeness (QED) is 0.379. The Labute approximate surface area is 166 Å². The monoisotopic (exact) mass is 395 g/mol. The lowest BCUT2D eigenvalue weighted by molar-refractivity contribution is -0.127. The summed E-state index contributed by atoms with van der Waals surface area (Å²) in [4.78, 5) is 20.3. The standard InChI is InChI=1S/C19H33N5O2S/c1-4-26-13-6-10-20-19(21-15-17(25)23(2)3)22-16-8-11-24(12-9-16)18-7-5-14-27-18/h5,7,14,16H,4,6,8-13,15H2,1-3H3,(H2,20,21,22). The number of nitrogens with zero attached hydrogens (tertiary/aromatic N) is 3. The molecule has 2 heterocycles. The number of anilines is 1. The van der Waals surface area contributed by atoms with Crippen LogP contribution in [0, 0.1) is 0 Å². The van der Waals surface area contributed by atoms with Crippen molar-refractivity contribution in [2.45, 2.75) is 32.2 Å². The largest absolute Gasteiger partial charge is 0.382 e. The van der Waals surface area contributed by atoms with Crippen LogP contribution in [0.3, 0.4) is 0 Å². The lowest BCUT2D eigenvalue weighted by Gasteiger charge is -2.33. The van der Waals surface area contributed by atoms with Crippen molar-refractivity contribution in [3.8, 4) is 0 Å². The van der Waals surface area contributed by atoms with Crippen molar-refractivity contribution in [2.24, 2.45) is 4.99 Å². The van der Waals surface area contributed by atoms with Crippen LogP contribution in [0.2, 0.25) is 0 Å². The van der Waals surface area contributed by atoms with E-state index in [-0.39, 0.29) is 12.5 Å². The highest BCUT2D eigenvalue weighted by atomic mass is 32.1. The third-order valence-electron chi connectivity index (χ3n) is 4.49. The Morgan fingerprint density at radius 3 is 2.81 bits per heavy atom. The molecular weight excluding hydrogens is 362 g/mol. The number of amides is 1. The van der Waals surface area contributed by atoms with Gasteiger partial charge in [0.1, 0.15) is 6.54 Å². The Kier molecular flexibility index (Phi) is 9.41. The third kappa shape index (κ3) is 7.76. The summed E-state index contributed by atoms with van der Waals surface area (Å²) in [6.45, 7) is 6.46. The number of piperidine rings is 1. The number of carbonyl (C=O) groups excluding carboxylic acids is 1. The molecule has 7 nitrogen and oxygen atoms in total. The van der Waals surface area contributed by atoms with Crippen molar-refractivity contribution in [3.05, 3.63) is 17.5 Å². The molecule has 1 amide bonds. The lowest BCUT2D eigenvalue weighted by atomic mass is 10.1. The van der Waals surface area contributed by atoms with E-state index in [2.05, 4.69) is 38.0 Å². The Morgan fingerprint density at radius 2 is 2.19 bits per heavy atom. The van der Waals surface area contributed by atoms with Crippen LogP contribution in [0.1, 0.15) is 26.2 Å². The van der Waals surface area contributed by atoms with Crippen LogP contribution in [-0.2, 0) is 9.53 Å².